The average Bonchev–Trinajstić information content (AvgIpc) is 2.85. The predicted molar refractivity (Wildman–Crippen MR) is 130 cm³/mol. The minimum Gasteiger partial charge on any atom is -0.379 e. The average molecular weight is 471 g/mol. The number of rotatable bonds is 6. The summed E-state index contributed by atoms with van der Waals surface area (Å²) in [5.74, 6) is 0.422. The Morgan fingerprint density at radius 1 is 1.14 bits per heavy atom. The number of carbonyl (C=O) groups excluding carboxylic acids is 1. The third-order valence-electron chi connectivity index (χ3n) is 7.50. The van der Waals surface area contributed by atoms with Gasteiger partial charge in [0.25, 0.3) is 11.5 Å². The molecular weight excluding hydrogens is 444 g/mol. The van der Waals surface area contributed by atoms with E-state index < -0.39 is 0 Å². The van der Waals surface area contributed by atoms with Gasteiger partial charge in [0.05, 0.1) is 25.5 Å². The van der Waals surface area contributed by atoms with Crippen molar-refractivity contribution >= 4 is 22.6 Å². The fraction of sp³-hybridized carbons (Fsp3) is 0.423. The van der Waals surface area contributed by atoms with Crippen LogP contribution in [-0.2, 0) is 11.3 Å². The van der Waals surface area contributed by atoms with Crippen molar-refractivity contribution in [2.75, 3.05) is 32.8 Å². The van der Waals surface area contributed by atoms with Crippen LogP contribution in [0.2, 0.25) is 0 Å². The highest BCUT2D eigenvalue weighted by molar-refractivity contribution is 5.98. The molecule has 1 aliphatic heterocycles. The van der Waals surface area contributed by atoms with Crippen LogP contribution in [0.25, 0.3) is 27.1 Å². The minimum atomic E-state index is -0.311. The van der Waals surface area contributed by atoms with Crippen molar-refractivity contribution in [2.45, 2.75) is 31.3 Å². The molecule has 178 valence electrons. The van der Waals surface area contributed by atoms with Crippen LogP contribution in [0.15, 0.2) is 41.5 Å². The topological polar surface area (TPSA) is 93.7 Å². The van der Waals surface area contributed by atoms with E-state index in [1.807, 2.05) is 6.07 Å². The number of hydrogen-bond donors (Lipinski definition) is 1. The molecule has 4 heterocycles. The lowest BCUT2D eigenvalue weighted by Gasteiger charge is -2.61. The van der Waals surface area contributed by atoms with Crippen molar-refractivity contribution in [3.63, 3.8) is 0 Å². The Kier molecular flexibility index (Phi) is 5.35. The van der Waals surface area contributed by atoms with E-state index in [2.05, 4.69) is 25.0 Å². The summed E-state index contributed by atoms with van der Waals surface area (Å²) in [5, 5.41) is 3.84. The molecule has 0 aromatic carbocycles. The van der Waals surface area contributed by atoms with Crippen LogP contribution >= 0.6 is 0 Å². The van der Waals surface area contributed by atoms with Crippen LogP contribution in [0.4, 0.5) is 5.69 Å². The quantitative estimate of drug-likeness (QED) is 0.557. The second-order valence-electron chi connectivity index (χ2n) is 9.83. The number of morpholine rings is 1. The highest BCUT2D eigenvalue weighted by Gasteiger charge is 2.57. The maximum Gasteiger partial charge on any atom is 0.265 e. The zero-order chi connectivity index (χ0) is 24.0. The predicted octanol–water partition coefficient (Wildman–Crippen LogP) is 2.62. The summed E-state index contributed by atoms with van der Waals surface area (Å²) in [6, 6.07) is 7.06. The van der Waals surface area contributed by atoms with Crippen molar-refractivity contribution in [3.05, 3.63) is 64.0 Å². The summed E-state index contributed by atoms with van der Waals surface area (Å²) in [7, 11) is 0. The second kappa shape index (κ2) is 8.56. The van der Waals surface area contributed by atoms with Gasteiger partial charge in [-0.05, 0) is 43.4 Å². The molecule has 4 aliphatic rings. The van der Waals surface area contributed by atoms with Crippen molar-refractivity contribution in [1.82, 2.24) is 24.8 Å². The van der Waals surface area contributed by atoms with Gasteiger partial charge < -0.3 is 10.1 Å². The molecule has 0 atom stereocenters. The molecule has 3 aromatic heterocycles. The number of pyridine rings is 3. The molecule has 4 fully saturated rings. The third kappa shape index (κ3) is 3.99. The maximum atomic E-state index is 13.5. The Hall–Kier alpha value is -3.61. The third-order valence-corrected chi connectivity index (χ3v) is 7.50. The van der Waals surface area contributed by atoms with E-state index in [0.29, 0.717) is 48.7 Å². The van der Waals surface area contributed by atoms with E-state index in [9.17, 15) is 9.59 Å². The van der Waals surface area contributed by atoms with E-state index >= 15 is 0 Å². The van der Waals surface area contributed by atoms with Gasteiger partial charge in [-0.25, -0.2) is 9.83 Å². The summed E-state index contributed by atoms with van der Waals surface area (Å²) in [5.41, 5.74) is 2.18. The first-order valence-electron chi connectivity index (χ1n) is 12.0. The molecule has 1 N–H and O–H groups in total. The van der Waals surface area contributed by atoms with Crippen molar-refractivity contribution < 1.29 is 9.53 Å². The Labute approximate surface area is 202 Å². The molecule has 3 aromatic rings. The van der Waals surface area contributed by atoms with Gasteiger partial charge in [0.2, 0.25) is 5.69 Å². The number of ether oxygens (including phenoxy) is 1. The lowest BCUT2D eigenvalue weighted by atomic mass is 9.50. The van der Waals surface area contributed by atoms with E-state index in [0.717, 1.165) is 43.8 Å². The summed E-state index contributed by atoms with van der Waals surface area (Å²) < 4.78 is 7.06. The van der Waals surface area contributed by atoms with E-state index in [1.54, 1.807) is 29.0 Å². The second-order valence-corrected chi connectivity index (χ2v) is 9.83. The fourth-order valence-corrected chi connectivity index (χ4v) is 5.40. The Morgan fingerprint density at radius 3 is 2.60 bits per heavy atom. The summed E-state index contributed by atoms with van der Waals surface area (Å²) in [6.07, 6.45) is 6.24. The number of aromatic nitrogens is 3. The number of amides is 1. The fourth-order valence-electron chi connectivity index (χ4n) is 5.40. The molecule has 3 aliphatic carbocycles. The highest BCUT2D eigenvalue weighted by atomic mass is 16.5. The van der Waals surface area contributed by atoms with Crippen LogP contribution in [0.3, 0.4) is 0 Å². The monoisotopic (exact) mass is 470 g/mol. The van der Waals surface area contributed by atoms with Crippen LogP contribution < -0.4 is 10.9 Å². The molecule has 0 spiro atoms. The number of nitrogens with zero attached hydrogens (tertiary/aromatic N) is 5. The van der Waals surface area contributed by atoms with Gasteiger partial charge in [-0.15, -0.1) is 0 Å². The Bertz CT molecular complexity index is 1380. The molecule has 9 nitrogen and oxygen atoms in total. The maximum absolute atomic E-state index is 13.5. The number of nitrogens with one attached hydrogen (secondary N) is 1. The number of carbonyl (C=O) groups is 1. The molecule has 35 heavy (non-hydrogen) atoms. The van der Waals surface area contributed by atoms with Gasteiger partial charge in [-0.1, -0.05) is 6.07 Å². The summed E-state index contributed by atoms with van der Waals surface area (Å²) in [4.78, 5) is 41.4. The lowest BCUT2D eigenvalue weighted by molar-refractivity contribution is -0.0439. The zero-order valence-corrected chi connectivity index (χ0v) is 19.4. The smallest absolute Gasteiger partial charge is 0.265 e. The SMILES string of the molecule is [C-]#[N+]c1ccc(-c2cnc3c(c2)cc(C(=O)NC24CC(C2)C4)c(=O)n3CCN2CCOCC2)nc1. The van der Waals surface area contributed by atoms with Gasteiger partial charge in [0.1, 0.15) is 11.2 Å². The van der Waals surface area contributed by atoms with Gasteiger partial charge >= 0.3 is 0 Å². The normalized spacial score (nSPS) is 23.2. The Balaban J connectivity index is 1.38. The molecule has 0 unspecified atom stereocenters. The molecule has 1 amide bonds. The molecule has 1 saturated heterocycles. The molecule has 3 saturated carbocycles. The first-order valence-corrected chi connectivity index (χ1v) is 12.0. The minimum absolute atomic E-state index is 0.115. The first kappa shape index (κ1) is 21.9. The molecule has 7 rings (SSSR count). The van der Waals surface area contributed by atoms with Gasteiger partial charge in [0.15, 0.2) is 0 Å². The summed E-state index contributed by atoms with van der Waals surface area (Å²) in [6.45, 7) is 11.2. The first-order chi connectivity index (χ1) is 17.0. The Morgan fingerprint density at radius 2 is 1.94 bits per heavy atom. The van der Waals surface area contributed by atoms with E-state index in [-0.39, 0.29) is 22.6 Å². The number of fused-ring (bicyclic) bond motifs is 1. The van der Waals surface area contributed by atoms with Gasteiger partial charge in [0, 0.05) is 55.1 Å². The van der Waals surface area contributed by atoms with Gasteiger partial charge in [-0.2, -0.15) is 0 Å². The van der Waals surface area contributed by atoms with Crippen LogP contribution in [-0.4, -0.2) is 63.7 Å². The lowest BCUT2D eigenvalue weighted by Crippen LogP contribution is -2.68. The standard InChI is InChI=1S/C26H26N6O3/c1-27-20-2-3-22(28-16-20)19-10-18-11-21(24(33)30-26-12-17(13-26)14-26)25(34)32(23(18)29-15-19)5-4-31-6-8-35-9-7-31/h2-3,10-11,15-17H,4-9,12-14H2,(H,30,33). The van der Waals surface area contributed by atoms with E-state index in [1.165, 1.54) is 6.20 Å². The van der Waals surface area contributed by atoms with Crippen molar-refractivity contribution in [3.8, 4) is 11.3 Å². The molecule has 2 bridgehead atoms. The van der Waals surface area contributed by atoms with Crippen LogP contribution in [0.1, 0.15) is 29.6 Å². The van der Waals surface area contributed by atoms with Crippen LogP contribution in [0.5, 0.6) is 0 Å². The van der Waals surface area contributed by atoms with Gasteiger partial charge in [-0.3, -0.25) is 24.0 Å². The number of hydrogen-bond acceptors (Lipinski definition) is 6. The molecule has 0 radical (unpaired) electrons. The molecular formula is C26H26N6O3. The summed E-state index contributed by atoms with van der Waals surface area (Å²) >= 11 is 0. The molecule has 9 heteroatoms. The van der Waals surface area contributed by atoms with Crippen molar-refractivity contribution in [1.29, 1.82) is 0 Å². The van der Waals surface area contributed by atoms with E-state index in [4.69, 9.17) is 11.3 Å². The highest BCUT2D eigenvalue weighted by Crippen LogP contribution is 2.56. The zero-order valence-electron chi connectivity index (χ0n) is 19.4. The van der Waals surface area contributed by atoms with Crippen molar-refractivity contribution in [2.24, 2.45) is 5.92 Å². The van der Waals surface area contributed by atoms with Crippen LogP contribution in [0, 0.1) is 12.5 Å². The largest absolute Gasteiger partial charge is 0.379 e.